The quantitative estimate of drug-likeness (QED) is 0.908. The Hall–Kier alpha value is -3.07. The molecule has 1 aromatic heterocycles. The zero-order valence-electron chi connectivity index (χ0n) is 14.1. The van der Waals surface area contributed by atoms with Crippen molar-refractivity contribution in [3.05, 3.63) is 48.2 Å². The van der Waals surface area contributed by atoms with Crippen LogP contribution in [0.2, 0.25) is 0 Å². The number of aromatic nitrogens is 1. The molecule has 0 aliphatic carbocycles. The molecule has 1 amide bonds. The first kappa shape index (κ1) is 16.8. The van der Waals surface area contributed by atoms with E-state index in [9.17, 15) is 4.79 Å². The molecule has 0 saturated carbocycles. The maximum absolute atomic E-state index is 12.5. The molecule has 3 rings (SSSR count). The number of amides is 1. The van der Waals surface area contributed by atoms with Crippen molar-refractivity contribution in [2.24, 2.45) is 0 Å². The normalized spacial score (nSPS) is 14.6. The van der Waals surface area contributed by atoms with Gasteiger partial charge in [-0.1, -0.05) is 12.1 Å². The second kappa shape index (κ2) is 7.67. The minimum atomic E-state index is -0.735. The summed E-state index contributed by atoms with van der Waals surface area (Å²) in [6, 6.07) is 12.6. The zero-order chi connectivity index (χ0) is 17.6. The average Bonchev–Trinajstić information content (AvgIpc) is 3.17. The topological polar surface area (TPSA) is 78.2 Å². The third kappa shape index (κ3) is 3.89. The molecule has 0 spiro atoms. The monoisotopic (exact) mass is 336 g/mol. The van der Waals surface area contributed by atoms with Gasteiger partial charge in [0.25, 0.3) is 5.91 Å². The van der Waals surface area contributed by atoms with Gasteiger partial charge in [-0.2, -0.15) is 5.26 Å². The van der Waals surface area contributed by atoms with E-state index >= 15 is 0 Å². The molecule has 0 radical (unpaired) electrons. The highest BCUT2D eigenvalue weighted by Crippen LogP contribution is 2.26. The number of anilines is 2. The van der Waals surface area contributed by atoms with Crippen molar-refractivity contribution in [1.82, 2.24) is 4.98 Å². The number of nitrogens with zero attached hydrogens (tertiary/aromatic N) is 3. The maximum Gasteiger partial charge on any atom is 0.265 e. The SMILES string of the molecule is CC(Oc1ccccc1C#N)C(=O)Nc1cccnc1N1CCCC1. The van der Waals surface area contributed by atoms with Gasteiger partial charge in [-0.05, 0) is 44.0 Å². The number of hydrogen-bond donors (Lipinski definition) is 1. The first-order valence-corrected chi connectivity index (χ1v) is 8.35. The van der Waals surface area contributed by atoms with Crippen molar-refractivity contribution in [2.45, 2.75) is 25.9 Å². The van der Waals surface area contributed by atoms with Crippen molar-refractivity contribution in [2.75, 3.05) is 23.3 Å². The van der Waals surface area contributed by atoms with Crippen LogP contribution in [-0.2, 0) is 4.79 Å². The number of benzene rings is 1. The molecule has 1 saturated heterocycles. The van der Waals surface area contributed by atoms with Crippen LogP contribution in [0.1, 0.15) is 25.3 Å². The number of pyridine rings is 1. The van der Waals surface area contributed by atoms with Crippen LogP contribution in [0.5, 0.6) is 5.75 Å². The summed E-state index contributed by atoms with van der Waals surface area (Å²) < 4.78 is 5.67. The van der Waals surface area contributed by atoms with Gasteiger partial charge in [0.15, 0.2) is 11.9 Å². The summed E-state index contributed by atoms with van der Waals surface area (Å²) in [5.74, 6) is 0.915. The van der Waals surface area contributed by atoms with Gasteiger partial charge < -0.3 is 15.0 Å². The molecule has 25 heavy (non-hydrogen) atoms. The molecule has 1 atom stereocenters. The minimum absolute atomic E-state index is 0.277. The molecule has 1 fully saturated rings. The summed E-state index contributed by atoms with van der Waals surface area (Å²) in [5, 5.41) is 12.0. The van der Waals surface area contributed by atoms with Crippen molar-refractivity contribution in [1.29, 1.82) is 5.26 Å². The van der Waals surface area contributed by atoms with Gasteiger partial charge in [0.2, 0.25) is 0 Å². The van der Waals surface area contributed by atoms with E-state index in [1.165, 1.54) is 0 Å². The number of carbonyl (C=O) groups is 1. The molecule has 6 heteroatoms. The van der Waals surface area contributed by atoms with Gasteiger partial charge in [-0.3, -0.25) is 4.79 Å². The molecule has 6 nitrogen and oxygen atoms in total. The van der Waals surface area contributed by atoms with Crippen molar-refractivity contribution >= 4 is 17.4 Å². The number of para-hydroxylation sites is 1. The van der Waals surface area contributed by atoms with E-state index in [2.05, 4.69) is 21.3 Å². The van der Waals surface area contributed by atoms with E-state index in [1.54, 1.807) is 43.5 Å². The number of nitrogens with one attached hydrogen (secondary N) is 1. The minimum Gasteiger partial charge on any atom is -0.480 e. The zero-order valence-corrected chi connectivity index (χ0v) is 14.1. The summed E-state index contributed by atoms with van der Waals surface area (Å²) >= 11 is 0. The molecule has 1 aliphatic heterocycles. The summed E-state index contributed by atoms with van der Waals surface area (Å²) in [7, 11) is 0. The molecule has 1 aliphatic rings. The van der Waals surface area contributed by atoms with E-state index in [0.717, 1.165) is 31.7 Å². The van der Waals surface area contributed by atoms with Gasteiger partial charge in [0, 0.05) is 19.3 Å². The fourth-order valence-corrected chi connectivity index (χ4v) is 2.82. The average molecular weight is 336 g/mol. The van der Waals surface area contributed by atoms with E-state index < -0.39 is 6.10 Å². The predicted octanol–water partition coefficient (Wildman–Crippen LogP) is 2.96. The van der Waals surface area contributed by atoms with E-state index in [1.807, 2.05) is 6.07 Å². The molecule has 128 valence electrons. The fraction of sp³-hybridized carbons (Fsp3) is 0.316. The van der Waals surface area contributed by atoms with Gasteiger partial charge in [0.05, 0.1) is 11.3 Å². The summed E-state index contributed by atoms with van der Waals surface area (Å²) in [4.78, 5) is 19.1. The van der Waals surface area contributed by atoms with Crippen LogP contribution in [0.25, 0.3) is 0 Å². The lowest BCUT2D eigenvalue weighted by atomic mass is 10.2. The third-order valence-electron chi connectivity index (χ3n) is 4.13. The predicted molar refractivity (Wildman–Crippen MR) is 95.6 cm³/mol. The first-order valence-electron chi connectivity index (χ1n) is 8.35. The summed E-state index contributed by atoms with van der Waals surface area (Å²) in [5.41, 5.74) is 1.08. The third-order valence-corrected chi connectivity index (χ3v) is 4.13. The Morgan fingerprint density at radius 3 is 2.80 bits per heavy atom. The molecular weight excluding hydrogens is 316 g/mol. The molecule has 2 aromatic rings. The Morgan fingerprint density at radius 1 is 1.28 bits per heavy atom. The molecule has 1 N–H and O–H groups in total. The highest BCUT2D eigenvalue weighted by Gasteiger charge is 2.21. The number of carbonyl (C=O) groups excluding carboxylic acids is 1. The van der Waals surface area contributed by atoms with E-state index in [0.29, 0.717) is 17.0 Å². The largest absolute Gasteiger partial charge is 0.480 e. The molecule has 2 heterocycles. The standard InChI is InChI=1S/C19H20N4O2/c1-14(25-17-9-3-2-7-15(17)13-20)19(24)22-16-8-6-10-21-18(16)23-11-4-5-12-23/h2-3,6-10,14H,4-5,11-12H2,1H3,(H,22,24). The van der Waals surface area contributed by atoms with Crippen LogP contribution in [0.4, 0.5) is 11.5 Å². The van der Waals surface area contributed by atoms with Crippen molar-refractivity contribution < 1.29 is 9.53 Å². The summed E-state index contributed by atoms with van der Waals surface area (Å²) in [6.45, 7) is 3.55. The van der Waals surface area contributed by atoms with Crippen molar-refractivity contribution in [3.63, 3.8) is 0 Å². The maximum atomic E-state index is 12.5. The van der Waals surface area contributed by atoms with Crippen molar-refractivity contribution in [3.8, 4) is 11.8 Å². The Labute approximate surface area is 147 Å². The lowest BCUT2D eigenvalue weighted by Gasteiger charge is -2.21. The molecule has 1 unspecified atom stereocenters. The summed E-state index contributed by atoms with van der Waals surface area (Å²) in [6.07, 6.45) is 3.26. The highest BCUT2D eigenvalue weighted by molar-refractivity contribution is 5.96. The number of ether oxygens (including phenoxy) is 1. The van der Waals surface area contributed by atoms with Crippen LogP contribution < -0.4 is 15.0 Å². The number of nitriles is 1. The Kier molecular flexibility index (Phi) is 5.14. The molecule has 0 bridgehead atoms. The Balaban J connectivity index is 1.71. The van der Waals surface area contributed by atoms with Gasteiger partial charge in [0.1, 0.15) is 11.8 Å². The van der Waals surface area contributed by atoms with E-state index in [-0.39, 0.29) is 5.91 Å². The van der Waals surface area contributed by atoms with Crippen LogP contribution in [-0.4, -0.2) is 30.1 Å². The number of hydrogen-bond acceptors (Lipinski definition) is 5. The van der Waals surface area contributed by atoms with Gasteiger partial charge >= 0.3 is 0 Å². The lowest BCUT2D eigenvalue weighted by molar-refractivity contribution is -0.122. The van der Waals surface area contributed by atoms with Crippen LogP contribution in [0.3, 0.4) is 0 Å². The van der Waals surface area contributed by atoms with Crippen LogP contribution in [0.15, 0.2) is 42.6 Å². The second-order valence-corrected chi connectivity index (χ2v) is 5.93. The van der Waals surface area contributed by atoms with E-state index in [4.69, 9.17) is 10.00 Å². The fourth-order valence-electron chi connectivity index (χ4n) is 2.82. The highest BCUT2D eigenvalue weighted by atomic mass is 16.5. The molecular formula is C19H20N4O2. The second-order valence-electron chi connectivity index (χ2n) is 5.93. The Bertz CT molecular complexity index is 794. The van der Waals surface area contributed by atoms with Crippen LogP contribution >= 0.6 is 0 Å². The lowest BCUT2D eigenvalue weighted by Crippen LogP contribution is -2.31. The number of rotatable bonds is 5. The molecule has 1 aromatic carbocycles. The van der Waals surface area contributed by atoms with Crippen LogP contribution in [0, 0.1) is 11.3 Å². The Morgan fingerprint density at radius 2 is 2.04 bits per heavy atom. The van der Waals surface area contributed by atoms with Gasteiger partial charge in [-0.15, -0.1) is 0 Å². The van der Waals surface area contributed by atoms with Gasteiger partial charge in [-0.25, -0.2) is 4.98 Å². The first-order chi connectivity index (χ1) is 12.2. The smallest absolute Gasteiger partial charge is 0.265 e.